The van der Waals surface area contributed by atoms with E-state index in [1.54, 1.807) is 0 Å². The molecular weight excluding hydrogens is 194 g/mol. The van der Waals surface area contributed by atoms with Crippen LogP contribution in [0.1, 0.15) is 55.7 Å². The predicted octanol–water partition coefficient (Wildman–Crippen LogP) is 3.92. The van der Waals surface area contributed by atoms with Crippen LogP contribution in [0.3, 0.4) is 0 Å². The summed E-state index contributed by atoms with van der Waals surface area (Å²) in [5.74, 6) is 0.672. The monoisotopic (exact) mass is 219 g/mol. The Hall–Kier alpha value is -0.820. The summed E-state index contributed by atoms with van der Waals surface area (Å²) in [7, 11) is 0. The maximum Gasteiger partial charge on any atom is 0.00106 e. The molecule has 0 aliphatic rings. The lowest BCUT2D eigenvalue weighted by molar-refractivity contribution is 0.532. The molecule has 1 aromatic carbocycles. The van der Waals surface area contributed by atoms with Crippen LogP contribution in [0.25, 0.3) is 0 Å². The smallest absolute Gasteiger partial charge is 0.00106 e. The van der Waals surface area contributed by atoms with Crippen LogP contribution in [-0.2, 0) is 0 Å². The lowest BCUT2D eigenvalue weighted by Gasteiger charge is -2.17. The molecule has 0 amide bonds. The number of hydrogen-bond acceptors (Lipinski definition) is 1. The van der Waals surface area contributed by atoms with Crippen LogP contribution < -0.4 is 5.73 Å². The van der Waals surface area contributed by atoms with Crippen molar-refractivity contribution in [3.05, 3.63) is 34.9 Å². The zero-order valence-electron chi connectivity index (χ0n) is 11.1. The summed E-state index contributed by atoms with van der Waals surface area (Å²) in [6.45, 7) is 8.72. The second-order valence-electron chi connectivity index (χ2n) is 5.00. The molecule has 0 bridgehead atoms. The van der Waals surface area contributed by atoms with Gasteiger partial charge in [0, 0.05) is 6.04 Å². The van der Waals surface area contributed by atoms with Crippen molar-refractivity contribution < 1.29 is 0 Å². The fourth-order valence-corrected chi connectivity index (χ4v) is 2.09. The van der Waals surface area contributed by atoms with E-state index in [0.717, 1.165) is 6.42 Å². The minimum Gasteiger partial charge on any atom is -0.328 e. The van der Waals surface area contributed by atoms with E-state index in [-0.39, 0.29) is 0 Å². The first-order chi connectivity index (χ1) is 7.54. The zero-order chi connectivity index (χ0) is 12.1. The Morgan fingerprint density at radius 3 is 2.31 bits per heavy atom. The Kier molecular flexibility index (Phi) is 5.01. The van der Waals surface area contributed by atoms with Crippen LogP contribution in [-0.4, -0.2) is 6.04 Å². The second kappa shape index (κ2) is 6.05. The third-order valence-corrected chi connectivity index (χ3v) is 3.47. The fraction of sp³-hybridized carbons (Fsp3) is 0.600. The van der Waals surface area contributed by atoms with Crippen molar-refractivity contribution in [3.63, 3.8) is 0 Å². The molecule has 2 N–H and O–H groups in total. The summed E-state index contributed by atoms with van der Waals surface area (Å²) in [5.41, 5.74) is 10.1. The fourth-order valence-electron chi connectivity index (χ4n) is 2.09. The van der Waals surface area contributed by atoms with Gasteiger partial charge in [-0.3, -0.25) is 0 Å². The molecule has 0 heterocycles. The average Bonchev–Trinajstić information content (AvgIpc) is 2.23. The molecule has 0 aromatic heterocycles. The molecule has 2 atom stereocenters. The molecule has 0 fully saturated rings. The van der Waals surface area contributed by atoms with Gasteiger partial charge in [-0.05, 0) is 62.6 Å². The van der Waals surface area contributed by atoms with Crippen molar-refractivity contribution in [2.75, 3.05) is 0 Å². The summed E-state index contributed by atoms with van der Waals surface area (Å²) >= 11 is 0. The molecule has 0 saturated heterocycles. The lowest BCUT2D eigenvalue weighted by atomic mass is 9.89. The normalized spacial score (nSPS) is 14.8. The van der Waals surface area contributed by atoms with Crippen LogP contribution in [0.15, 0.2) is 18.2 Å². The molecule has 1 aromatic rings. The van der Waals surface area contributed by atoms with Gasteiger partial charge in [0.2, 0.25) is 0 Å². The van der Waals surface area contributed by atoms with E-state index in [9.17, 15) is 0 Å². The third kappa shape index (κ3) is 3.64. The Labute approximate surface area is 100 Å². The molecule has 0 aliphatic carbocycles. The maximum atomic E-state index is 5.83. The molecule has 0 aliphatic heterocycles. The summed E-state index contributed by atoms with van der Waals surface area (Å²) in [4.78, 5) is 0. The van der Waals surface area contributed by atoms with E-state index in [2.05, 4.69) is 45.9 Å². The minimum absolute atomic E-state index is 0.320. The molecule has 1 nitrogen and oxygen atoms in total. The first-order valence-electron chi connectivity index (χ1n) is 6.37. The topological polar surface area (TPSA) is 26.0 Å². The molecule has 1 heteroatoms. The van der Waals surface area contributed by atoms with Crippen LogP contribution in [0, 0.1) is 13.8 Å². The van der Waals surface area contributed by atoms with E-state index in [1.165, 1.54) is 29.5 Å². The van der Waals surface area contributed by atoms with Gasteiger partial charge in [0.1, 0.15) is 0 Å². The minimum atomic E-state index is 0.320. The van der Waals surface area contributed by atoms with Crippen molar-refractivity contribution in [1.82, 2.24) is 0 Å². The van der Waals surface area contributed by atoms with E-state index in [1.807, 2.05) is 0 Å². The summed E-state index contributed by atoms with van der Waals surface area (Å²) in [5, 5.41) is 0. The van der Waals surface area contributed by atoms with E-state index >= 15 is 0 Å². The van der Waals surface area contributed by atoms with E-state index in [0.29, 0.717) is 12.0 Å². The lowest BCUT2D eigenvalue weighted by Crippen LogP contribution is -2.15. The number of hydrogen-bond donors (Lipinski definition) is 1. The first kappa shape index (κ1) is 13.2. The predicted molar refractivity (Wildman–Crippen MR) is 71.8 cm³/mol. The SMILES string of the molecule is CCC(CCC(C)N)c1ccc(C)c(C)c1. The van der Waals surface area contributed by atoms with Crippen molar-refractivity contribution in [2.45, 2.75) is 58.9 Å². The molecule has 90 valence electrons. The Morgan fingerprint density at radius 1 is 1.12 bits per heavy atom. The highest BCUT2D eigenvalue weighted by Gasteiger charge is 2.10. The molecule has 16 heavy (non-hydrogen) atoms. The summed E-state index contributed by atoms with van der Waals surface area (Å²) in [6, 6.07) is 7.17. The van der Waals surface area contributed by atoms with Crippen molar-refractivity contribution in [1.29, 1.82) is 0 Å². The van der Waals surface area contributed by atoms with Crippen LogP contribution >= 0.6 is 0 Å². The van der Waals surface area contributed by atoms with Gasteiger partial charge in [0.05, 0.1) is 0 Å². The number of rotatable bonds is 5. The average molecular weight is 219 g/mol. The van der Waals surface area contributed by atoms with E-state index < -0.39 is 0 Å². The van der Waals surface area contributed by atoms with E-state index in [4.69, 9.17) is 5.73 Å². The van der Waals surface area contributed by atoms with Gasteiger partial charge >= 0.3 is 0 Å². The number of benzene rings is 1. The van der Waals surface area contributed by atoms with Crippen LogP contribution in [0.2, 0.25) is 0 Å². The maximum absolute atomic E-state index is 5.83. The highest BCUT2D eigenvalue weighted by Crippen LogP contribution is 2.26. The van der Waals surface area contributed by atoms with Gasteiger partial charge in [-0.1, -0.05) is 25.1 Å². The van der Waals surface area contributed by atoms with Gasteiger partial charge in [0.15, 0.2) is 0 Å². The van der Waals surface area contributed by atoms with Gasteiger partial charge in [-0.15, -0.1) is 0 Å². The Morgan fingerprint density at radius 2 is 1.81 bits per heavy atom. The highest BCUT2D eigenvalue weighted by molar-refractivity contribution is 5.31. The Bertz CT molecular complexity index is 328. The molecule has 1 rings (SSSR count). The van der Waals surface area contributed by atoms with Crippen LogP contribution in [0.5, 0.6) is 0 Å². The molecule has 2 unspecified atom stereocenters. The Balaban J connectivity index is 2.74. The molecule has 0 saturated carbocycles. The summed E-state index contributed by atoms with van der Waals surface area (Å²) in [6.07, 6.45) is 3.53. The number of aryl methyl sites for hydroxylation is 2. The van der Waals surface area contributed by atoms with Crippen molar-refractivity contribution in [3.8, 4) is 0 Å². The van der Waals surface area contributed by atoms with Gasteiger partial charge < -0.3 is 5.73 Å². The van der Waals surface area contributed by atoms with Crippen molar-refractivity contribution >= 4 is 0 Å². The zero-order valence-corrected chi connectivity index (χ0v) is 11.1. The highest BCUT2D eigenvalue weighted by atomic mass is 14.6. The summed E-state index contributed by atoms with van der Waals surface area (Å²) < 4.78 is 0. The standard InChI is InChI=1S/C15H25N/c1-5-14(9-7-13(4)16)15-8-6-11(2)12(3)10-15/h6,8,10,13-14H,5,7,9,16H2,1-4H3. The van der Waals surface area contributed by atoms with Gasteiger partial charge in [0.25, 0.3) is 0 Å². The third-order valence-electron chi connectivity index (χ3n) is 3.47. The molecular formula is C15H25N. The largest absolute Gasteiger partial charge is 0.328 e. The first-order valence-corrected chi connectivity index (χ1v) is 6.37. The molecule has 0 spiro atoms. The van der Waals surface area contributed by atoms with Crippen molar-refractivity contribution in [2.24, 2.45) is 5.73 Å². The van der Waals surface area contributed by atoms with Gasteiger partial charge in [-0.25, -0.2) is 0 Å². The van der Waals surface area contributed by atoms with Crippen LogP contribution in [0.4, 0.5) is 0 Å². The second-order valence-corrected chi connectivity index (χ2v) is 5.00. The number of nitrogens with two attached hydrogens (primary N) is 1. The molecule has 0 radical (unpaired) electrons. The van der Waals surface area contributed by atoms with Gasteiger partial charge in [-0.2, -0.15) is 0 Å². The quantitative estimate of drug-likeness (QED) is 0.798.